The fraction of sp³-hybridized carbons (Fsp3) is 0.188. The van der Waals surface area contributed by atoms with Crippen LogP contribution in [0, 0.1) is 0 Å². The van der Waals surface area contributed by atoms with Crippen LogP contribution in [0.4, 0.5) is 0 Å². The Balaban J connectivity index is 1.87. The Kier molecular flexibility index (Phi) is 3.29. The molecule has 1 aliphatic heterocycles. The monoisotopic (exact) mass is 270 g/mol. The van der Waals surface area contributed by atoms with Gasteiger partial charge in [-0.1, -0.05) is 30.3 Å². The van der Waals surface area contributed by atoms with Crippen molar-refractivity contribution >= 4 is 5.97 Å². The van der Waals surface area contributed by atoms with E-state index in [0.29, 0.717) is 13.2 Å². The van der Waals surface area contributed by atoms with E-state index in [0.717, 1.165) is 28.2 Å². The van der Waals surface area contributed by atoms with Crippen molar-refractivity contribution in [3.63, 3.8) is 0 Å². The number of aliphatic carboxylic acids is 1. The maximum atomic E-state index is 10.7. The van der Waals surface area contributed by atoms with Crippen molar-refractivity contribution < 1.29 is 19.4 Å². The summed E-state index contributed by atoms with van der Waals surface area (Å²) in [7, 11) is 0. The van der Waals surface area contributed by atoms with Crippen LogP contribution in [-0.4, -0.2) is 24.3 Å². The summed E-state index contributed by atoms with van der Waals surface area (Å²) in [5, 5.41) is 8.76. The van der Waals surface area contributed by atoms with Crippen LogP contribution in [0.3, 0.4) is 0 Å². The molecule has 0 amide bonds. The highest BCUT2D eigenvalue weighted by atomic mass is 16.6. The van der Waals surface area contributed by atoms with Gasteiger partial charge in [0.1, 0.15) is 13.2 Å². The van der Waals surface area contributed by atoms with Gasteiger partial charge in [-0.15, -0.1) is 0 Å². The zero-order valence-corrected chi connectivity index (χ0v) is 10.8. The number of benzene rings is 2. The topological polar surface area (TPSA) is 55.8 Å². The van der Waals surface area contributed by atoms with E-state index in [1.807, 2.05) is 42.5 Å². The number of fused-ring (bicyclic) bond motifs is 1. The largest absolute Gasteiger partial charge is 0.486 e. The van der Waals surface area contributed by atoms with E-state index in [1.54, 1.807) is 0 Å². The van der Waals surface area contributed by atoms with Gasteiger partial charge in [0, 0.05) is 0 Å². The number of carboxylic acids is 1. The Bertz CT molecular complexity index is 631. The van der Waals surface area contributed by atoms with Crippen LogP contribution in [0.5, 0.6) is 11.5 Å². The molecule has 0 aliphatic carbocycles. The molecule has 0 saturated carbocycles. The fourth-order valence-corrected chi connectivity index (χ4v) is 2.21. The van der Waals surface area contributed by atoms with E-state index < -0.39 is 5.97 Å². The van der Waals surface area contributed by atoms with E-state index in [-0.39, 0.29) is 6.42 Å². The van der Waals surface area contributed by atoms with E-state index in [9.17, 15) is 4.79 Å². The van der Waals surface area contributed by atoms with Crippen LogP contribution in [0.25, 0.3) is 11.1 Å². The first kappa shape index (κ1) is 12.5. The van der Waals surface area contributed by atoms with Crippen LogP contribution in [-0.2, 0) is 11.2 Å². The van der Waals surface area contributed by atoms with Crippen molar-refractivity contribution in [3.05, 3.63) is 48.0 Å². The first-order valence-electron chi connectivity index (χ1n) is 6.43. The molecule has 0 fully saturated rings. The summed E-state index contributed by atoms with van der Waals surface area (Å²) in [6.45, 7) is 1.14. The molecule has 0 spiro atoms. The molecule has 1 aliphatic rings. The van der Waals surface area contributed by atoms with Crippen molar-refractivity contribution in [1.29, 1.82) is 0 Å². The normalized spacial score (nSPS) is 13.0. The summed E-state index contributed by atoms with van der Waals surface area (Å²) in [6.07, 6.45) is 0.0431. The molecule has 20 heavy (non-hydrogen) atoms. The minimum Gasteiger partial charge on any atom is -0.486 e. The van der Waals surface area contributed by atoms with Crippen molar-refractivity contribution in [3.8, 4) is 22.6 Å². The third-order valence-corrected chi connectivity index (χ3v) is 3.18. The summed E-state index contributed by atoms with van der Waals surface area (Å²) >= 11 is 0. The van der Waals surface area contributed by atoms with Crippen molar-refractivity contribution in [2.75, 3.05) is 13.2 Å². The highest BCUT2D eigenvalue weighted by molar-refractivity contribution is 5.72. The minimum absolute atomic E-state index is 0.0431. The molecule has 4 nitrogen and oxygen atoms in total. The molecule has 0 atom stereocenters. The molecule has 0 bridgehead atoms. The van der Waals surface area contributed by atoms with E-state index in [1.165, 1.54) is 0 Å². The summed E-state index contributed by atoms with van der Waals surface area (Å²) in [5.74, 6) is 0.697. The Labute approximate surface area is 116 Å². The van der Waals surface area contributed by atoms with Crippen LogP contribution in [0.2, 0.25) is 0 Å². The third-order valence-electron chi connectivity index (χ3n) is 3.18. The lowest BCUT2D eigenvalue weighted by atomic mass is 10.0. The molecule has 2 aromatic carbocycles. The second-order valence-electron chi connectivity index (χ2n) is 4.63. The predicted octanol–water partition coefficient (Wildman–Crippen LogP) is 2.75. The molecule has 0 saturated heterocycles. The Morgan fingerprint density at radius 2 is 1.60 bits per heavy atom. The Morgan fingerprint density at radius 1 is 0.950 bits per heavy atom. The van der Waals surface area contributed by atoms with Gasteiger partial charge in [0.05, 0.1) is 6.42 Å². The van der Waals surface area contributed by atoms with Crippen molar-refractivity contribution in [1.82, 2.24) is 0 Å². The van der Waals surface area contributed by atoms with Gasteiger partial charge in [0.2, 0.25) is 0 Å². The summed E-state index contributed by atoms with van der Waals surface area (Å²) < 4.78 is 11.0. The first-order chi connectivity index (χ1) is 9.72. The molecule has 0 unspecified atom stereocenters. The molecule has 0 aromatic heterocycles. The molecule has 1 heterocycles. The van der Waals surface area contributed by atoms with Gasteiger partial charge >= 0.3 is 5.97 Å². The molecule has 2 aromatic rings. The lowest BCUT2D eigenvalue weighted by Crippen LogP contribution is -2.15. The van der Waals surface area contributed by atoms with Gasteiger partial charge in [-0.05, 0) is 28.8 Å². The number of carboxylic acid groups (broad SMARTS) is 1. The third kappa shape index (κ3) is 2.59. The van der Waals surface area contributed by atoms with Gasteiger partial charge in [-0.3, -0.25) is 4.79 Å². The predicted molar refractivity (Wildman–Crippen MR) is 74.2 cm³/mol. The smallest absolute Gasteiger partial charge is 0.307 e. The summed E-state index contributed by atoms with van der Waals surface area (Å²) in [6, 6.07) is 13.3. The quantitative estimate of drug-likeness (QED) is 0.931. The molecule has 1 N–H and O–H groups in total. The average molecular weight is 270 g/mol. The number of rotatable bonds is 3. The number of hydrogen-bond acceptors (Lipinski definition) is 3. The molecule has 4 heteroatoms. The first-order valence-corrected chi connectivity index (χ1v) is 6.43. The lowest BCUT2D eigenvalue weighted by Gasteiger charge is -2.19. The van der Waals surface area contributed by atoms with Crippen LogP contribution in [0.15, 0.2) is 42.5 Å². The zero-order valence-electron chi connectivity index (χ0n) is 10.8. The summed E-state index contributed by atoms with van der Waals surface area (Å²) in [5.41, 5.74) is 2.84. The highest BCUT2D eigenvalue weighted by Crippen LogP contribution is 2.34. The molecule has 0 radical (unpaired) electrons. The van der Waals surface area contributed by atoms with Crippen LogP contribution in [0.1, 0.15) is 5.56 Å². The van der Waals surface area contributed by atoms with Gasteiger partial charge < -0.3 is 14.6 Å². The second kappa shape index (κ2) is 5.25. The van der Waals surface area contributed by atoms with Crippen LogP contribution >= 0.6 is 0 Å². The van der Waals surface area contributed by atoms with Gasteiger partial charge in [-0.2, -0.15) is 0 Å². The van der Waals surface area contributed by atoms with E-state index in [4.69, 9.17) is 14.6 Å². The maximum Gasteiger partial charge on any atom is 0.307 e. The molecule has 102 valence electrons. The number of carbonyl (C=O) groups is 1. The summed E-state index contributed by atoms with van der Waals surface area (Å²) in [4.78, 5) is 10.7. The highest BCUT2D eigenvalue weighted by Gasteiger charge is 2.12. The second-order valence-corrected chi connectivity index (χ2v) is 4.63. The fourth-order valence-electron chi connectivity index (χ4n) is 2.21. The molecular weight excluding hydrogens is 256 g/mol. The molecular formula is C16H14O4. The van der Waals surface area contributed by atoms with Crippen LogP contribution < -0.4 is 9.47 Å². The average Bonchev–Trinajstić information content (AvgIpc) is 2.47. The van der Waals surface area contributed by atoms with E-state index in [2.05, 4.69) is 0 Å². The zero-order chi connectivity index (χ0) is 13.9. The Morgan fingerprint density at radius 3 is 2.30 bits per heavy atom. The van der Waals surface area contributed by atoms with Crippen molar-refractivity contribution in [2.45, 2.75) is 6.42 Å². The van der Waals surface area contributed by atoms with Gasteiger partial charge in [0.15, 0.2) is 11.5 Å². The van der Waals surface area contributed by atoms with Gasteiger partial charge in [0.25, 0.3) is 0 Å². The van der Waals surface area contributed by atoms with E-state index >= 15 is 0 Å². The van der Waals surface area contributed by atoms with Gasteiger partial charge in [-0.25, -0.2) is 0 Å². The Hall–Kier alpha value is -2.49. The number of ether oxygens (including phenoxy) is 2. The van der Waals surface area contributed by atoms with Crippen molar-refractivity contribution in [2.24, 2.45) is 0 Å². The molecule has 3 rings (SSSR count). The lowest BCUT2D eigenvalue weighted by molar-refractivity contribution is -0.136. The SMILES string of the molecule is O=C(O)Cc1ccc(-c2ccc3c(c2)OCCO3)cc1. The number of hydrogen-bond donors (Lipinski definition) is 1. The minimum atomic E-state index is -0.822. The standard InChI is InChI=1S/C16H14O4/c17-16(18)9-11-1-3-12(4-2-11)13-5-6-14-15(10-13)20-8-7-19-14/h1-6,10H,7-9H2,(H,17,18). The maximum absolute atomic E-state index is 10.7.